The van der Waals surface area contributed by atoms with Crippen LogP contribution in [0.1, 0.15) is 0 Å². The zero-order chi connectivity index (χ0) is 73.2. The number of hydrogen-bond donors (Lipinski definition) is 0. The predicted molar refractivity (Wildman–Crippen MR) is 450 cm³/mol. The molecule has 0 atom stereocenters. The molecule has 9 nitrogen and oxygen atoms in total. The monoisotopic (exact) mass is 1590 g/mol. The minimum absolute atomic E-state index is 0.231. The van der Waals surface area contributed by atoms with Crippen LogP contribution < -0.4 is 8.92 Å². The van der Waals surface area contributed by atoms with Gasteiger partial charge in [0.1, 0.15) is 0 Å². The molecule has 15 aromatic carbocycles. The fraction of sp³-hybridized carbons (Fsp3) is 0. The zero-order valence-corrected chi connectivity index (χ0v) is 63.8. The van der Waals surface area contributed by atoms with Gasteiger partial charge >= 0.3 is 653 Å². The molecule has 0 N–H and O–H groups in total. The molecule has 0 bridgehead atoms. The van der Waals surface area contributed by atoms with Crippen molar-refractivity contribution >= 4 is 85.5 Å². The van der Waals surface area contributed by atoms with Crippen molar-refractivity contribution in [3.63, 3.8) is 0 Å². The van der Waals surface area contributed by atoms with Gasteiger partial charge in [0, 0.05) is 0 Å². The standard InChI is InChI=1S/C37H24N3Se.C33H22N3Se.C27H17N3Se/c41-33-20-10-19-32(34(33)31-18-9-17-29(24-31)30-22-21-25-11-7-8-16-28(25)23-30)37-39-35(26-12-3-1-4-13-26)38-36(40-37)27-14-5-2-6-15-27;37-30-28(25-13-6-2-7-14-25)17-10-18-29(30)33-35-31(26-15-8-3-9-16-26)34-32(36-33)27-21-19-24(20-22-27)23-11-4-1-5-12-23;1-3-10-18(11-4-1)25-28-26(19-12-5-2-6-13-19)30-27(29-25)22-16-9-15-21-20-14-7-8-17-23(20)31-24(21)22/h1-24H;1-22H;1-17H. The summed E-state index contributed by atoms with van der Waals surface area (Å²) in [6.07, 6.45) is 0. The predicted octanol–water partition coefficient (Wildman–Crippen LogP) is 21.4. The Bertz CT molecular complexity index is 6300. The van der Waals surface area contributed by atoms with Crippen molar-refractivity contribution in [2.24, 2.45) is 0 Å². The molecule has 0 aliphatic heterocycles. The molecule has 19 aromatic rings. The SMILES string of the molecule is [Se]c1c(-c2ccccc2)cccc1-c1nc(-c2ccccc2)nc(-c2ccc(-c3ccccc3)cc2)n1.[Se]c1cccc(-c2nc(-c3ccccc3)nc(-c3ccccc3)n2)c1-c1cccc(-c2ccc3ccccc3c2)c1.c1ccc(-c2nc(-c3ccccc3)nc(-c3cccc4c3[se]c3ccccc34)n2)cc1. The second-order valence-electron chi connectivity index (χ2n) is 25.8. The molecule has 4 aromatic heterocycles. The normalized spacial score (nSPS) is 11.0. The van der Waals surface area contributed by atoms with Crippen LogP contribution in [0.2, 0.25) is 0 Å². The third kappa shape index (κ3) is 15.3. The van der Waals surface area contributed by atoms with Gasteiger partial charge in [0.25, 0.3) is 0 Å². The van der Waals surface area contributed by atoms with Crippen molar-refractivity contribution < 1.29 is 0 Å². The van der Waals surface area contributed by atoms with Crippen LogP contribution in [0.15, 0.2) is 382 Å². The van der Waals surface area contributed by atoms with Crippen molar-refractivity contribution in [2.75, 3.05) is 0 Å². The van der Waals surface area contributed by atoms with Gasteiger partial charge in [-0.15, -0.1) is 0 Å². The Hall–Kier alpha value is -12.9. The zero-order valence-electron chi connectivity index (χ0n) is 58.6. The fourth-order valence-corrected chi connectivity index (χ4v) is 17.3. The summed E-state index contributed by atoms with van der Waals surface area (Å²) in [6.45, 7) is 0. The van der Waals surface area contributed by atoms with Crippen LogP contribution in [0.4, 0.5) is 0 Å². The number of rotatable bonds is 13. The number of nitrogens with zero attached hydrogens (tertiary/aromatic N) is 9. The summed E-state index contributed by atoms with van der Waals surface area (Å²) < 4.78 is 4.82. The molecule has 4 heterocycles. The van der Waals surface area contributed by atoms with Crippen LogP contribution in [0, 0.1) is 0 Å². The fourth-order valence-electron chi connectivity index (χ4n) is 13.4. The van der Waals surface area contributed by atoms with Gasteiger partial charge in [-0.05, 0) is 0 Å². The Kier molecular flexibility index (Phi) is 20.4. The molecule has 19 rings (SSSR count). The van der Waals surface area contributed by atoms with Crippen molar-refractivity contribution in [2.45, 2.75) is 0 Å². The quantitative estimate of drug-likeness (QED) is 0.104. The Morgan fingerprint density at radius 3 is 1.05 bits per heavy atom. The first kappa shape index (κ1) is 69.2. The van der Waals surface area contributed by atoms with Crippen LogP contribution in [0.3, 0.4) is 0 Å². The Morgan fingerprint density at radius 1 is 0.193 bits per heavy atom. The first-order valence-corrected chi connectivity index (χ1v) is 39.2. The molecule has 0 unspecified atom stereocenters. The van der Waals surface area contributed by atoms with E-state index in [-0.39, 0.29) is 14.5 Å². The van der Waals surface area contributed by atoms with Crippen LogP contribution >= 0.6 is 0 Å². The molecule has 0 fully saturated rings. The van der Waals surface area contributed by atoms with E-state index in [4.69, 9.17) is 44.9 Å². The summed E-state index contributed by atoms with van der Waals surface area (Å²) in [5.74, 6) is 6.01. The van der Waals surface area contributed by atoms with Gasteiger partial charge in [-0.3, -0.25) is 0 Å². The van der Waals surface area contributed by atoms with Gasteiger partial charge in [-0.1, -0.05) is 6.07 Å². The van der Waals surface area contributed by atoms with Gasteiger partial charge in [0.2, 0.25) is 0 Å². The van der Waals surface area contributed by atoms with Crippen LogP contribution in [0.25, 0.3) is 177 Å². The summed E-state index contributed by atoms with van der Waals surface area (Å²) in [7, 11) is 0. The van der Waals surface area contributed by atoms with Crippen molar-refractivity contribution in [3.05, 3.63) is 382 Å². The van der Waals surface area contributed by atoms with E-state index in [1.54, 1.807) is 0 Å². The second-order valence-corrected chi connectivity index (χ2v) is 29.8. The molecule has 0 saturated heterocycles. The summed E-state index contributed by atoms with van der Waals surface area (Å²) in [4.78, 5) is 44.3. The van der Waals surface area contributed by atoms with Crippen molar-refractivity contribution in [1.29, 1.82) is 0 Å². The van der Waals surface area contributed by atoms with E-state index in [2.05, 4.69) is 244 Å². The number of fused-ring (bicyclic) bond motifs is 4. The van der Waals surface area contributed by atoms with Gasteiger partial charge in [-0.2, -0.15) is 0 Å². The molecule has 514 valence electrons. The van der Waals surface area contributed by atoms with E-state index in [0.29, 0.717) is 46.6 Å². The van der Waals surface area contributed by atoms with E-state index in [1.165, 1.54) is 41.2 Å². The van der Waals surface area contributed by atoms with Gasteiger partial charge < -0.3 is 0 Å². The van der Waals surface area contributed by atoms with E-state index < -0.39 is 0 Å². The van der Waals surface area contributed by atoms with E-state index in [1.807, 2.05) is 170 Å². The summed E-state index contributed by atoms with van der Waals surface area (Å²) in [5, 5.41) is 5.10. The van der Waals surface area contributed by atoms with E-state index in [0.717, 1.165) is 98.2 Å². The first-order chi connectivity index (χ1) is 53.8. The molecule has 109 heavy (non-hydrogen) atoms. The molecular weight excluding hydrogens is 1530 g/mol. The van der Waals surface area contributed by atoms with Gasteiger partial charge in [-0.25, -0.2) is 0 Å². The average Bonchev–Trinajstić information content (AvgIpc) is 1.70. The maximum atomic E-state index is 5.01. The summed E-state index contributed by atoms with van der Waals surface area (Å²) in [6, 6.07) is 131. The molecule has 2 radical (unpaired) electrons. The summed E-state index contributed by atoms with van der Waals surface area (Å²) >= 11 is 6.80. The van der Waals surface area contributed by atoms with Crippen molar-refractivity contribution in [1.82, 2.24) is 44.9 Å². The molecule has 0 amide bonds. The van der Waals surface area contributed by atoms with E-state index >= 15 is 0 Å². The van der Waals surface area contributed by atoms with Gasteiger partial charge in [0.15, 0.2) is 0 Å². The molecule has 0 saturated carbocycles. The van der Waals surface area contributed by atoms with Crippen molar-refractivity contribution in [3.8, 4) is 147 Å². The number of hydrogen-bond acceptors (Lipinski definition) is 9. The summed E-state index contributed by atoms with van der Waals surface area (Å²) in [5.41, 5.74) is 17.9. The molecule has 0 spiro atoms. The Morgan fingerprint density at radius 2 is 0.514 bits per heavy atom. The molecule has 0 aliphatic carbocycles. The van der Waals surface area contributed by atoms with Crippen LogP contribution in [0.5, 0.6) is 0 Å². The Balaban J connectivity index is 0.000000121. The topological polar surface area (TPSA) is 116 Å². The minimum atomic E-state index is 0.231. The molecular formula is C97H63N9Se3. The second kappa shape index (κ2) is 32.1. The molecule has 12 heteroatoms. The third-order valence-corrected chi connectivity index (χ3v) is 23.0. The van der Waals surface area contributed by atoms with Crippen LogP contribution in [-0.4, -0.2) is 91.4 Å². The number of benzene rings is 15. The number of aromatic nitrogens is 9. The van der Waals surface area contributed by atoms with Crippen LogP contribution in [-0.2, 0) is 0 Å². The third-order valence-electron chi connectivity index (χ3n) is 18.8. The first-order valence-electron chi connectivity index (χ1n) is 35.7. The average molecular weight is 1590 g/mol. The molecule has 0 aliphatic rings. The Labute approximate surface area is 654 Å². The maximum absolute atomic E-state index is 5.01. The van der Waals surface area contributed by atoms with Gasteiger partial charge in [0.05, 0.1) is 0 Å². The van der Waals surface area contributed by atoms with E-state index in [9.17, 15) is 0 Å².